The summed E-state index contributed by atoms with van der Waals surface area (Å²) < 4.78 is 18.3. The molecule has 29 heavy (non-hydrogen) atoms. The Hall–Kier alpha value is -3.75. The molecule has 9 heteroatoms. The third-order valence-electron chi connectivity index (χ3n) is 3.31. The molecule has 0 saturated heterocycles. The molecule has 1 aromatic carbocycles. The van der Waals surface area contributed by atoms with Crippen LogP contribution in [0.25, 0.3) is 0 Å². The van der Waals surface area contributed by atoms with Crippen LogP contribution in [0, 0.1) is 0 Å². The van der Waals surface area contributed by atoms with Crippen molar-refractivity contribution in [2.75, 3.05) is 20.3 Å². The monoisotopic (exact) mass is 404 g/mol. The summed E-state index contributed by atoms with van der Waals surface area (Å²) in [6.45, 7) is 9.61. The Kier molecular flexibility index (Phi) is 8.47. The van der Waals surface area contributed by atoms with E-state index < -0.39 is 23.9 Å². The first kappa shape index (κ1) is 23.3. The van der Waals surface area contributed by atoms with Crippen molar-refractivity contribution < 1.29 is 42.9 Å². The first-order valence-corrected chi connectivity index (χ1v) is 8.22. The molecular weight excluding hydrogens is 384 g/mol. The predicted octanol–water partition coefficient (Wildman–Crippen LogP) is 2.01. The van der Waals surface area contributed by atoms with Gasteiger partial charge in [-0.05, 0) is 32.0 Å². The molecule has 1 aromatic rings. The van der Waals surface area contributed by atoms with Crippen LogP contribution in [0.3, 0.4) is 0 Å². The van der Waals surface area contributed by atoms with E-state index >= 15 is 0 Å². The number of rotatable bonds is 6. The van der Waals surface area contributed by atoms with Gasteiger partial charge in [0.05, 0.1) is 23.8 Å². The Labute approximate surface area is 166 Å². The number of hydrogen-bond acceptors (Lipinski definition) is 9. The Morgan fingerprint density at radius 2 is 1.45 bits per heavy atom. The topological polar surface area (TPSA) is 122 Å². The fraction of sp³-hybridized carbons (Fsp3) is 0.250. The largest absolute Gasteiger partial charge is 0.466 e. The number of ether oxygens (including phenoxy) is 4. The van der Waals surface area contributed by atoms with Crippen LogP contribution in [0.2, 0.25) is 0 Å². The zero-order chi connectivity index (χ0) is 22.1. The summed E-state index contributed by atoms with van der Waals surface area (Å²) in [5, 5.41) is 0. The van der Waals surface area contributed by atoms with Gasteiger partial charge in [0.25, 0.3) is 0 Å². The molecule has 0 fully saturated rings. The fourth-order valence-corrected chi connectivity index (χ4v) is 1.86. The van der Waals surface area contributed by atoms with E-state index in [9.17, 15) is 24.0 Å². The highest BCUT2D eigenvalue weighted by Crippen LogP contribution is 2.21. The average Bonchev–Trinajstić information content (AvgIpc) is 2.97. The number of carbonyl (C=O) groups excluding carboxylic acids is 5. The van der Waals surface area contributed by atoms with Crippen molar-refractivity contribution in [3.63, 3.8) is 0 Å². The Balaban J connectivity index is 0.000000516. The molecule has 0 radical (unpaired) electrons. The number of cyclic esters (lactones) is 2. The lowest BCUT2D eigenvalue weighted by molar-refractivity contribution is -0.140. The molecule has 1 aliphatic heterocycles. The van der Waals surface area contributed by atoms with Crippen LogP contribution in [-0.2, 0) is 28.5 Å². The quantitative estimate of drug-likeness (QED) is 0.230. The van der Waals surface area contributed by atoms with Crippen LogP contribution in [-0.4, -0.2) is 50.2 Å². The maximum absolute atomic E-state index is 11.8. The van der Waals surface area contributed by atoms with Gasteiger partial charge in [-0.1, -0.05) is 13.2 Å². The molecule has 0 spiro atoms. The number of benzene rings is 1. The number of carbonyl (C=O) groups is 5. The average molecular weight is 404 g/mol. The highest BCUT2D eigenvalue weighted by atomic mass is 16.6. The summed E-state index contributed by atoms with van der Waals surface area (Å²) in [6, 6.07) is 3.89. The summed E-state index contributed by atoms with van der Waals surface area (Å²) in [5.41, 5.74) is 0.900. The number of hydrogen-bond donors (Lipinski definition) is 0. The van der Waals surface area contributed by atoms with E-state index in [-0.39, 0.29) is 41.4 Å². The van der Waals surface area contributed by atoms with Gasteiger partial charge in [-0.2, -0.15) is 0 Å². The second-order valence-corrected chi connectivity index (χ2v) is 5.76. The van der Waals surface area contributed by atoms with Crippen molar-refractivity contribution in [1.82, 2.24) is 0 Å². The van der Waals surface area contributed by atoms with Gasteiger partial charge in [-0.3, -0.25) is 0 Å². The number of methoxy groups -OCH3 is 1. The molecule has 0 saturated carbocycles. The summed E-state index contributed by atoms with van der Waals surface area (Å²) in [6.07, 6.45) is 0. The second-order valence-electron chi connectivity index (χ2n) is 5.76. The Bertz CT molecular complexity index is 880. The molecule has 154 valence electrons. The van der Waals surface area contributed by atoms with Gasteiger partial charge in [-0.15, -0.1) is 0 Å². The lowest BCUT2D eigenvalue weighted by Gasteiger charge is -2.06. The van der Waals surface area contributed by atoms with Gasteiger partial charge in [0.15, 0.2) is 0 Å². The SMILES string of the molecule is C=C(C)C(=O)OC.C=C(C)C(=O)OCCOC(=O)c1ccc2c(c1)C(=O)OC2=O. The molecule has 0 unspecified atom stereocenters. The second kappa shape index (κ2) is 10.5. The van der Waals surface area contributed by atoms with Crippen LogP contribution in [0.15, 0.2) is 42.5 Å². The summed E-state index contributed by atoms with van der Waals surface area (Å²) in [5.74, 6) is -3.17. The molecule has 0 N–H and O–H groups in total. The zero-order valence-corrected chi connectivity index (χ0v) is 16.2. The molecule has 0 atom stereocenters. The van der Waals surface area contributed by atoms with Gasteiger partial charge in [0.1, 0.15) is 13.2 Å². The van der Waals surface area contributed by atoms with Gasteiger partial charge < -0.3 is 18.9 Å². The third kappa shape index (κ3) is 6.73. The molecule has 9 nitrogen and oxygen atoms in total. The van der Waals surface area contributed by atoms with Crippen LogP contribution in [0.4, 0.5) is 0 Å². The maximum Gasteiger partial charge on any atom is 0.346 e. The van der Waals surface area contributed by atoms with E-state index in [1.165, 1.54) is 32.2 Å². The number of esters is 5. The van der Waals surface area contributed by atoms with Crippen molar-refractivity contribution in [3.05, 3.63) is 59.2 Å². The van der Waals surface area contributed by atoms with E-state index in [2.05, 4.69) is 22.6 Å². The normalized spacial score (nSPS) is 11.3. The lowest BCUT2D eigenvalue weighted by Crippen LogP contribution is -2.14. The summed E-state index contributed by atoms with van der Waals surface area (Å²) in [7, 11) is 1.33. The standard InChI is InChI=1S/C15H12O7.C5H8O2/c1-8(2)12(16)20-5-6-21-13(17)9-3-4-10-11(7-9)15(19)22-14(10)18;1-4(2)5(6)7-3/h3-4,7H,1,5-6H2,2H3;1H2,2-3H3. The van der Waals surface area contributed by atoms with Crippen LogP contribution >= 0.6 is 0 Å². The molecular formula is C20H20O9. The molecule has 2 rings (SSSR count). The fourth-order valence-electron chi connectivity index (χ4n) is 1.86. The van der Waals surface area contributed by atoms with E-state index in [0.717, 1.165) is 0 Å². The maximum atomic E-state index is 11.8. The lowest BCUT2D eigenvalue weighted by atomic mass is 10.1. The number of fused-ring (bicyclic) bond motifs is 1. The zero-order valence-electron chi connectivity index (χ0n) is 16.2. The highest BCUT2D eigenvalue weighted by molar-refractivity contribution is 6.15. The van der Waals surface area contributed by atoms with Crippen molar-refractivity contribution in [2.24, 2.45) is 0 Å². The van der Waals surface area contributed by atoms with Crippen LogP contribution in [0.5, 0.6) is 0 Å². The third-order valence-corrected chi connectivity index (χ3v) is 3.31. The van der Waals surface area contributed by atoms with E-state index in [1.54, 1.807) is 6.92 Å². The summed E-state index contributed by atoms with van der Waals surface area (Å²) >= 11 is 0. The van der Waals surface area contributed by atoms with E-state index in [1.807, 2.05) is 0 Å². The molecule has 0 amide bonds. The van der Waals surface area contributed by atoms with Crippen molar-refractivity contribution in [1.29, 1.82) is 0 Å². The minimum Gasteiger partial charge on any atom is -0.466 e. The van der Waals surface area contributed by atoms with Crippen LogP contribution < -0.4 is 0 Å². The van der Waals surface area contributed by atoms with E-state index in [4.69, 9.17) is 9.47 Å². The van der Waals surface area contributed by atoms with Crippen molar-refractivity contribution >= 4 is 29.8 Å². The van der Waals surface area contributed by atoms with Gasteiger partial charge in [0.2, 0.25) is 0 Å². The summed E-state index contributed by atoms with van der Waals surface area (Å²) in [4.78, 5) is 55.8. The highest BCUT2D eigenvalue weighted by Gasteiger charge is 2.30. The Morgan fingerprint density at radius 3 is 1.97 bits per heavy atom. The first-order valence-electron chi connectivity index (χ1n) is 8.22. The van der Waals surface area contributed by atoms with Gasteiger partial charge in [-0.25, -0.2) is 24.0 Å². The van der Waals surface area contributed by atoms with E-state index in [0.29, 0.717) is 5.57 Å². The molecule has 1 aliphatic rings. The predicted molar refractivity (Wildman–Crippen MR) is 99.1 cm³/mol. The molecule has 0 aliphatic carbocycles. The first-order chi connectivity index (χ1) is 13.6. The molecule has 0 bridgehead atoms. The van der Waals surface area contributed by atoms with Crippen LogP contribution in [0.1, 0.15) is 44.9 Å². The Morgan fingerprint density at radius 1 is 0.897 bits per heavy atom. The van der Waals surface area contributed by atoms with Crippen molar-refractivity contribution in [3.8, 4) is 0 Å². The minimum absolute atomic E-state index is 0.0214. The molecule has 1 heterocycles. The smallest absolute Gasteiger partial charge is 0.346 e. The molecule has 0 aromatic heterocycles. The van der Waals surface area contributed by atoms with Crippen molar-refractivity contribution in [2.45, 2.75) is 13.8 Å². The van der Waals surface area contributed by atoms with Gasteiger partial charge in [0, 0.05) is 11.1 Å². The van der Waals surface area contributed by atoms with Gasteiger partial charge >= 0.3 is 29.8 Å². The minimum atomic E-state index is -0.801.